The molecule has 0 saturated carbocycles. The van der Waals surface area contributed by atoms with Crippen LogP contribution in [0.1, 0.15) is 23.2 Å². The van der Waals surface area contributed by atoms with Gasteiger partial charge < -0.3 is 21.5 Å². The summed E-state index contributed by atoms with van der Waals surface area (Å²) in [4.78, 5) is 23.4. The second-order valence-corrected chi connectivity index (χ2v) is 4.99. The van der Waals surface area contributed by atoms with E-state index in [0.717, 1.165) is 0 Å². The Balaban J connectivity index is 0.00000220. The first-order valence-electron chi connectivity index (χ1n) is 6.56. The molecule has 0 atom stereocenters. The third-order valence-corrected chi connectivity index (χ3v) is 3.75. The topological polar surface area (TPSA) is 107 Å². The number of amides is 2. The summed E-state index contributed by atoms with van der Waals surface area (Å²) in [6.07, 6.45) is 1.24. The normalized spacial score (nSPS) is 16.6. The van der Waals surface area contributed by atoms with E-state index in [1.807, 2.05) is 0 Å². The quantitative estimate of drug-likeness (QED) is 0.767. The Kier molecular flexibility index (Phi) is 6.14. The van der Waals surface area contributed by atoms with Crippen LogP contribution in [0.5, 0.6) is 0 Å². The smallest absolute Gasteiger partial charge is 0.248 e. The van der Waals surface area contributed by atoms with Gasteiger partial charge in [-0.3, -0.25) is 9.59 Å². The summed E-state index contributed by atoms with van der Waals surface area (Å²) < 4.78 is 5.28. The fourth-order valence-corrected chi connectivity index (χ4v) is 2.27. The van der Waals surface area contributed by atoms with Crippen molar-refractivity contribution in [3.63, 3.8) is 0 Å². The molecule has 2 amide bonds. The molecule has 1 fully saturated rings. The van der Waals surface area contributed by atoms with Crippen LogP contribution in [0.3, 0.4) is 0 Å². The minimum Gasteiger partial charge on any atom is -0.381 e. The molecule has 116 valence electrons. The van der Waals surface area contributed by atoms with Gasteiger partial charge in [-0.05, 0) is 37.1 Å². The lowest BCUT2D eigenvalue weighted by Gasteiger charge is -2.34. The van der Waals surface area contributed by atoms with Crippen molar-refractivity contribution in [1.82, 2.24) is 0 Å². The van der Waals surface area contributed by atoms with Gasteiger partial charge in [-0.15, -0.1) is 12.4 Å². The van der Waals surface area contributed by atoms with Crippen LogP contribution < -0.4 is 16.8 Å². The van der Waals surface area contributed by atoms with Crippen molar-refractivity contribution < 1.29 is 14.3 Å². The first-order valence-corrected chi connectivity index (χ1v) is 6.56. The summed E-state index contributed by atoms with van der Waals surface area (Å²) in [6.45, 7) is 1.39. The molecule has 6 nitrogen and oxygen atoms in total. The summed E-state index contributed by atoms with van der Waals surface area (Å²) in [5.74, 6) is -0.596. The van der Waals surface area contributed by atoms with Crippen molar-refractivity contribution in [2.24, 2.45) is 16.9 Å². The first-order chi connectivity index (χ1) is 9.57. The van der Waals surface area contributed by atoms with Crippen molar-refractivity contribution in [3.8, 4) is 0 Å². The van der Waals surface area contributed by atoms with Crippen LogP contribution >= 0.6 is 12.4 Å². The van der Waals surface area contributed by atoms with Gasteiger partial charge in [0.25, 0.3) is 0 Å². The molecule has 21 heavy (non-hydrogen) atoms. The molecule has 7 heteroatoms. The van der Waals surface area contributed by atoms with Gasteiger partial charge in [0.1, 0.15) is 0 Å². The highest BCUT2D eigenvalue weighted by Crippen LogP contribution is 2.30. The number of carbonyl (C=O) groups excluding carboxylic acids is 2. The molecular weight excluding hydrogens is 294 g/mol. The Morgan fingerprint density at radius 2 is 1.76 bits per heavy atom. The van der Waals surface area contributed by atoms with Crippen LogP contribution in [0.25, 0.3) is 0 Å². The number of halogens is 1. The SMILES string of the molecule is Cl.NCC1(C(=O)Nc2ccc(C(N)=O)cc2)CCOCC1. The van der Waals surface area contributed by atoms with Crippen LogP contribution in [0.2, 0.25) is 0 Å². The summed E-state index contributed by atoms with van der Waals surface area (Å²) in [6, 6.07) is 6.47. The third-order valence-electron chi connectivity index (χ3n) is 3.75. The Labute approximate surface area is 129 Å². The van der Waals surface area contributed by atoms with Crippen molar-refractivity contribution in [1.29, 1.82) is 0 Å². The molecule has 0 aliphatic carbocycles. The molecule has 1 aliphatic heterocycles. The van der Waals surface area contributed by atoms with Crippen LogP contribution in [-0.4, -0.2) is 31.6 Å². The first kappa shape index (κ1) is 17.4. The van der Waals surface area contributed by atoms with Crippen LogP contribution in [-0.2, 0) is 9.53 Å². The number of nitrogens with two attached hydrogens (primary N) is 2. The Morgan fingerprint density at radius 3 is 2.24 bits per heavy atom. The maximum Gasteiger partial charge on any atom is 0.248 e. The Hall–Kier alpha value is -1.63. The van der Waals surface area contributed by atoms with E-state index in [1.165, 1.54) is 0 Å². The number of carbonyl (C=O) groups is 2. The van der Waals surface area contributed by atoms with Gasteiger partial charge in [-0.25, -0.2) is 0 Å². The minimum atomic E-state index is -0.569. The van der Waals surface area contributed by atoms with Crippen LogP contribution in [0.15, 0.2) is 24.3 Å². The van der Waals surface area contributed by atoms with Crippen molar-refractivity contribution >= 4 is 29.9 Å². The number of anilines is 1. The van der Waals surface area contributed by atoms with Crippen LogP contribution in [0, 0.1) is 5.41 Å². The number of nitrogens with one attached hydrogen (secondary N) is 1. The van der Waals surface area contributed by atoms with E-state index >= 15 is 0 Å². The highest BCUT2D eigenvalue weighted by Gasteiger charge is 2.38. The fourth-order valence-electron chi connectivity index (χ4n) is 2.27. The molecule has 0 bridgehead atoms. The molecule has 1 aromatic carbocycles. The van der Waals surface area contributed by atoms with Gasteiger partial charge in [0.15, 0.2) is 0 Å². The molecule has 0 spiro atoms. The fraction of sp³-hybridized carbons (Fsp3) is 0.429. The largest absolute Gasteiger partial charge is 0.381 e. The van der Waals surface area contributed by atoms with Gasteiger partial charge in [0.05, 0.1) is 5.41 Å². The summed E-state index contributed by atoms with van der Waals surface area (Å²) in [7, 11) is 0. The maximum atomic E-state index is 12.4. The number of rotatable bonds is 4. The van der Waals surface area contributed by atoms with Gasteiger partial charge in [0.2, 0.25) is 11.8 Å². The highest BCUT2D eigenvalue weighted by molar-refractivity contribution is 5.97. The molecule has 0 unspecified atom stereocenters. The third kappa shape index (κ3) is 3.93. The van der Waals surface area contributed by atoms with E-state index in [4.69, 9.17) is 16.2 Å². The molecule has 1 heterocycles. The Bertz CT molecular complexity index is 499. The number of hydrogen-bond donors (Lipinski definition) is 3. The highest BCUT2D eigenvalue weighted by atomic mass is 35.5. The molecular formula is C14H20ClN3O3. The average Bonchev–Trinajstić information content (AvgIpc) is 2.48. The number of ether oxygens (including phenoxy) is 1. The van der Waals surface area contributed by atoms with Crippen LogP contribution in [0.4, 0.5) is 5.69 Å². The molecule has 0 aromatic heterocycles. The maximum absolute atomic E-state index is 12.4. The van der Waals surface area contributed by atoms with E-state index in [-0.39, 0.29) is 18.3 Å². The van der Waals surface area contributed by atoms with Gasteiger partial charge >= 0.3 is 0 Å². The lowest BCUT2D eigenvalue weighted by atomic mass is 9.79. The summed E-state index contributed by atoms with van der Waals surface area (Å²) in [5.41, 5.74) is 11.4. The van der Waals surface area contributed by atoms with Crippen molar-refractivity contribution in [3.05, 3.63) is 29.8 Å². The average molecular weight is 314 g/mol. The second kappa shape index (κ2) is 7.40. The minimum absolute atomic E-state index is 0. The second-order valence-electron chi connectivity index (χ2n) is 4.99. The van der Waals surface area contributed by atoms with Gasteiger partial charge in [-0.2, -0.15) is 0 Å². The van der Waals surface area contributed by atoms with Crippen molar-refractivity contribution in [2.75, 3.05) is 25.1 Å². The number of benzene rings is 1. The lowest BCUT2D eigenvalue weighted by Crippen LogP contribution is -2.46. The zero-order valence-corrected chi connectivity index (χ0v) is 12.4. The van der Waals surface area contributed by atoms with E-state index in [9.17, 15) is 9.59 Å². The van der Waals surface area contributed by atoms with E-state index in [2.05, 4.69) is 5.32 Å². The van der Waals surface area contributed by atoms with E-state index in [0.29, 0.717) is 43.9 Å². The molecule has 1 aromatic rings. The number of primary amides is 1. The Morgan fingerprint density at radius 1 is 1.19 bits per heavy atom. The molecule has 0 radical (unpaired) electrons. The predicted molar refractivity (Wildman–Crippen MR) is 82.4 cm³/mol. The monoisotopic (exact) mass is 313 g/mol. The van der Waals surface area contributed by atoms with E-state index < -0.39 is 11.3 Å². The summed E-state index contributed by atoms with van der Waals surface area (Å²) in [5, 5.41) is 2.84. The zero-order valence-electron chi connectivity index (χ0n) is 11.6. The zero-order chi connectivity index (χ0) is 14.6. The molecule has 2 rings (SSSR count). The van der Waals surface area contributed by atoms with Gasteiger partial charge in [-0.1, -0.05) is 0 Å². The lowest BCUT2D eigenvalue weighted by molar-refractivity contribution is -0.130. The molecule has 5 N–H and O–H groups in total. The number of hydrogen-bond acceptors (Lipinski definition) is 4. The molecule has 1 aliphatic rings. The van der Waals surface area contributed by atoms with Crippen molar-refractivity contribution in [2.45, 2.75) is 12.8 Å². The van der Waals surface area contributed by atoms with E-state index in [1.54, 1.807) is 24.3 Å². The molecule has 1 saturated heterocycles. The summed E-state index contributed by atoms with van der Waals surface area (Å²) >= 11 is 0. The van der Waals surface area contributed by atoms with Gasteiger partial charge in [0, 0.05) is 31.0 Å². The standard InChI is InChI=1S/C14H19N3O3.ClH/c15-9-14(5-7-20-8-6-14)13(19)17-11-3-1-10(2-4-11)12(16)18;/h1-4H,5-9,15H2,(H2,16,18)(H,17,19);1H. The predicted octanol–water partition coefficient (Wildman–Crippen LogP) is 0.901.